The van der Waals surface area contributed by atoms with E-state index in [9.17, 15) is 4.79 Å². The van der Waals surface area contributed by atoms with Gasteiger partial charge in [0.15, 0.2) is 15.8 Å². The van der Waals surface area contributed by atoms with Crippen molar-refractivity contribution in [2.45, 2.75) is 13.5 Å². The van der Waals surface area contributed by atoms with Gasteiger partial charge in [-0.05, 0) is 72.7 Å². The van der Waals surface area contributed by atoms with Gasteiger partial charge < -0.3 is 9.47 Å². The van der Waals surface area contributed by atoms with Crippen molar-refractivity contribution < 1.29 is 14.3 Å². The molecule has 0 spiro atoms. The molecule has 0 saturated carbocycles. The molecule has 1 heterocycles. The lowest BCUT2D eigenvalue weighted by atomic mass is 10.1. The normalized spacial score (nSPS) is 14.7. The third kappa shape index (κ3) is 5.70. The van der Waals surface area contributed by atoms with Crippen LogP contribution in [0, 0.1) is 0 Å². The predicted molar refractivity (Wildman–Crippen MR) is 146 cm³/mol. The summed E-state index contributed by atoms with van der Waals surface area (Å²) < 4.78 is 12.2. The van der Waals surface area contributed by atoms with Crippen molar-refractivity contribution in [2.75, 3.05) is 11.5 Å². The molecule has 9 heteroatoms. The largest absolute Gasteiger partial charge is 0.490 e. The maximum absolute atomic E-state index is 13.0. The summed E-state index contributed by atoms with van der Waals surface area (Å²) in [5.74, 6) is 0.971. The average Bonchev–Trinajstić information content (AvgIpc) is 3.09. The zero-order valence-corrected chi connectivity index (χ0v) is 21.8. The quantitative estimate of drug-likeness (QED) is 0.220. The summed E-state index contributed by atoms with van der Waals surface area (Å²) in [6.45, 7) is 2.66. The van der Waals surface area contributed by atoms with Crippen molar-refractivity contribution >= 4 is 80.8 Å². The molecule has 3 aromatic carbocycles. The highest BCUT2D eigenvalue weighted by Crippen LogP contribution is 2.37. The third-order valence-electron chi connectivity index (χ3n) is 4.82. The molecule has 0 unspecified atom stereocenters. The number of benzene rings is 3. The van der Waals surface area contributed by atoms with E-state index in [1.54, 1.807) is 42.5 Å². The highest BCUT2D eigenvalue weighted by Gasteiger charge is 2.33. The molecule has 34 heavy (non-hydrogen) atoms. The number of hydrogen-bond acceptors (Lipinski definition) is 5. The van der Waals surface area contributed by atoms with Crippen LogP contribution >= 0.6 is 58.8 Å². The van der Waals surface area contributed by atoms with Crippen molar-refractivity contribution in [2.24, 2.45) is 0 Å². The molecule has 0 radical (unpaired) electrons. The van der Waals surface area contributed by atoms with Crippen molar-refractivity contribution in [3.8, 4) is 11.5 Å². The van der Waals surface area contributed by atoms with E-state index in [0.29, 0.717) is 54.7 Å². The molecule has 1 saturated heterocycles. The first-order valence-electron chi connectivity index (χ1n) is 10.2. The fourth-order valence-electron chi connectivity index (χ4n) is 3.22. The summed E-state index contributed by atoms with van der Waals surface area (Å²) in [6, 6.07) is 17.8. The molecule has 0 bridgehead atoms. The van der Waals surface area contributed by atoms with E-state index in [1.165, 1.54) is 16.7 Å². The minimum atomic E-state index is -0.185. The average molecular weight is 551 g/mol. The Kier molecular flexibility index (Phi) is 8.06. The number of thiocarbonyl (C=S) groups is 1. The van der Waals surface area contributed by atoms with Crippen LogP contribution in [0.4, 0.5) is 5.69 Å². The standard InChI is InChI=1S/C25H18Cl3NO3S2/c1-2-31-22-12-15(4-10-21(22)32-14-16-3-9-19(27)20(28)11-16)13-23-24(30)29(25(33)34-23)18-7-5-17(26)6-8-18/h3-13H,2,14H2,1H3/b23-13-. The van der Waals surface area contributed by atoms with E-state index in [2.05, 4.69) is 0 Å². The molecule has 0 atom stereocenters. The number of carbonyl (C=O) groups is 1. The van der Waals surface area contributed by atoms with Crippen LogP contribution in [0.3, 0.4) is 0 Å². The van der Waals surface area contributed by atoms with Crippen LogP contribution in [0.25, 0.3) is 6.08 Å². The SMILES string of the molecule is CCOc1cc(/C=C2\SC(=S)N(c3ccc(Cl)cc3)C2=O)ccc1OCc1ccc(Cl)c(Cl)c1. The van der Waals surface area contributed by atoms with Gasteiger partial charge in [0.2, 0.25) is 0 Å². The maximum atomic E-state index is 13.0. The predicted octanol–water partition coefficient (Wildman–Crippen LogP) is 8.03. The van der Waals surface area contributed by atoms with Gasteiger partial charge in [0.25, 0.3) is 5.91 Å². The van der Waals surface area contributed by atoms with Crippen LogP contribution in [0.5, 0.6) is 11.5 Å². The Morgan fingerprint density at radius 1 is 0.941 bits per heavy atom. The number of thioether (sulfide) groups is 1. The van der Waals surface area contributed by atoms with Gasteiger partial charge in [-0.25, -0.2) is 0 Å². The Balaban J connectivity index is 1.54. The second-order valence-corrected chi connectivity index (χ2v) is 10.1. The van der Waals surface area contributed by atoms with E-state index < -0.39 is 0 Å². The van der Waals surface area contributed by atoms with Crippen molar-refractivity contribution in [3.63, 3.8) is 0 Å². The number of halogens is 3. The molecule has 0 N–H and O–H groups in total. The molecular weight excluding hydrogens is 533 g/mol. The molecule has 1 amide bonds. The lowest BCUT2D eigenvalue weighted by Crippen LogP contribution is -2.27. The molecule has 1 aliphatic rings. The summed E-state index contributed by atoms with van der Waals surface area (Å²) in [5, 5.41) is 1.56. The molecule has 1 aliphatic heterocycles. The Labute approximate surface area is 222 Å². The van der Waals surface area contributed by atoms with Gasteiger partial charge in [-0.2, -0.15) is 0 Å². The molecule has 0 aliphatic carbocycles. The molecule has 0 aromatic heterocycles. The van der Waals surface area contributed by atoms with Gasteiger partial charge in [-0.1, -0.05) is 70.9 Å². The fourth-order valence-corrected chi connectivity index (χ4v) is 4.97. The first-order valence-corrected chi connectivity index (χ1v) is 12.6. The highest BCUT2D eigenvalue weighted by molar-refractivity contribution is 8.27. The van der Waals surface area contributed by atoms with Gasteiger partial charge in [-0.3, -0.25) is 9.69 Å². The van der Waals surface area contributed by atoms with Crippen LogP contribution in [0.1, 0.15) is 18.1 Å². The topological polar surface area (TPSA) is 38.8 Å². The summed E-state index contributed by atoms with van der Waals surface area (Å²) in [5.41, 5.74) is 2.35. The van der Waals surface area contributed by atoms with E-state index in [4.69, 9.17) is 56.5 Å². The molecule has 3 aromatic rings. The van der Waals surface area contributed by atoms with Crippen LogP contribution in [-0.2, 0) is 11.4 Å². The number of anilines is 1. The van der Waals surface area contributed by atoms with E-state index in [-0.39, 0.29) is 5.91 Å². The van der Waals surface area contributed by atoms with E-state index in [0.717, 1.165) is 11.1 Å². The second-order valence-electron chi connectivity index (χ2n) is 7.17. The minimum Gasteiger partial charge on any atom is -0.490 e. The molecule has 174 valence electrons. The Bertz CT molecular complexity index is 1280. The second kappa shape index (κ2) is 11.0. The number of hydrogen-bond donors (Lipinski definition) is 0. The van der Waals surface area contributed by atoms with Gasteiger partial charge in [-0.15, -0.1) is 0 Å². The fraction of sp³-hybridized carbons (Fsp3) is 0.120. The first-order chi connectivity index (χ1) is 16.4. The smallest absolute Gasteiger partial charge is 0.270 e. The summed E-state index contributed by atoms with van der Waals surface area (Å²) >= 11 is 24.7. The van der Waals surface area contributed by atoms with E-state index >= 15 is 0 Å². The van der Waals surface area contributed by atoms with Crippen molar-refractivity contribution in [1.82, 2.24) is 0 Å². The minimum absolute atomic E-state index is 0.185. The zero-order valence-electron chi connectivity index (χ0n) is 17.9. The monoisotopic (exact) mass is 549 g/mol. The summed E-state index contributed by atoms with van der Waals surface area (Å²) in [4.78, 5) is 15.1. The third-order valence-corrected chi connectivity index (χ3v) is 7.12. The van der Waals surface area contributed by atoms with E-state index in [1.807, 2.05) is 31.2 Å². The number of ether oxygens (including phenoxy) is 2. The zero-order chi connectivity index (χ0) is 24.2. The van der Waals surface area contributed by atoms with Crippen LogP contribution < -0.4 is 14.4 Å². The van der Waals surface area contributed by atoms with Crippen LogP contribution in [0.2, 0.25) is 15.1 Å². The molecule has 4 nitrogen and oxygen atoms in total. The molecule has 1 fully saturated rings. The maximum Gasteiger partial charge on any atom is 0.270 e. The summed E-state index contributed by atoms with van der Waals surface area (Å²) in [6.07, 6.45) is 1.79. The van der Waals surface area contributed by atoms with Gasteiger partial charge in [0, 0.05) is 5.02 Å². The number of rotatable bonds is 7. The lowest BCUT2D eigenvalue weighted by molar-refractivity contribution is -0.113. The molecular formula is C25H18Cl3NO3S2. The number of amides is 1. The number of carbonyl (C=O) groups excluding carboxylic acids is 1. The van der Waals surface area contributed by atoms with Crippen LogP contribution in [-0.4, -0.2) is 16.8 Å². The molecule has 4 rings (SSSR count). The van der Waals surface area contributed by atoms with Crippen LogP contribution in [0.15, 0.2) is 65.6 Å². The van der Waals surface area contributed by atoms with Gasteiger partial charge in [0.1, 0.15) is 6.61 Å². The summed E-state index contributed by atoms with van der Waals surface area (Å²) in [7, 11) is 0. The Hall–Kier alpha value is -2.22. The van der Waals surface area contributed by atoms with Gasteiger partial charge in [0.05, 0.1) is 27.2 Å². The number of nitrogens with zero attached hydrogens (tertiary/aromatic N) is 1. The lowest BCUT2D eigenvalue weighted by Gasteiger charge is -2.14. The highest BCUT2D eigenvalue weighted by atomic mass is 35.5. The Morgan fingerprint density at radius 3 is 2.41 bits per heavy atom. The van der Waals surface area contributed by atoms with Crippen molar-refractivity contribution in [1.29, 1.82) is 0 Å². The van der Waals surface area contributed by atoms with Gasteiger partial charge >= 0.3 is 0 Å². The van der Waals surface area contributed by atoms with Crippen molar-refractivity contribution in [3.05, 3.63) is 91.8 Å². The first kappa shape index (κ1) is 24.9. The Morgan fingerprint density at radius 2 is 1.71 bits per heavy atom.